The molecule has 0 saturated heterocycles. The topological polar surface area (TPSA) is 49.7 Å². The van der Waals surface area contributed by atoms with Gasteiger partial charge >= 0.3 is 0 Å². The zero-order valence-corrected chi connectivity index (χ0v) is 9.43. The number of amides is 1. The molecule has 0 saturated carbocycles. The summed E-state index contributed by atoms with van der Waals surface area (Å²) in [6.07, 6.45) is 1.46. The second-order valence-electron chi connectivity index (χ2n) is 3.20. The number of hydrogen-bond acceptors (Lipinski definition) is 3. The van der Waals surface area contributed by atoms with Gasteiger partial charge in [0.05, 0.1) is 11.3 Å². The summed E-state index contributed by atoms with van der Waals surface area (Å²) < 4.78 is 0. The van der Waals surface area contributed by atoms with E-state index in [2.05, 4.69) is 4.99 Å². The molecule has 1 aromatic carbocycles. The molecule has 84 valence electrons. The number of carbonyl (C=O) groups excluding carboxylic acids is 2. The average molecular weight is 218 g/mol. The molecule has 0 aromatic heterocycles. The molecule has 0 heterocycles. The van der Waals surface area contributed by atoms with Crippen LogP contribution in [0.5, 0.6) is 0 Å². The Balaban J connectivity index is 3.11. The number of aliphatic imine (C=N–C) groups is 1. The lowest BCUT2D eigenvalue weighted by molar-refractivity contribution is 0.0774. The fourth-order valence-electron chi connectivity index (χ4n) is 1.48. The Hall–Kier alpha value is -1.93. The Morgan fingerprint density at radius 2 is 1.94 bits per heavy atom. The van der Waals surface area contributed by atoms with Gasteiger partial charge in [-0.05, 0) is 26.0 Å². The quantitative estimate of drug-likeness (QED) is 0.574. The molecule has 0 N–H and O–H groups in total. The molecule has 1 amide bonds. The first-order valence-electron chi connectivity index (χ1n) is 5.20. The molecule has 1 aromatic rings. The van der Waals surface area contributed by atoms with E-state index in [1.54, 1.807) is 29.2 Å². The lowest BCUT2D eigenvalue weighted by Crippen LogP contribution is -2.30. The van der Waals surface area contributed by atoms with E-state index in [9.17, 15) is 9.59 Å². The maximum atomic E-state index is 12.0. The Labute approximate surface area is 94.6 Å². The van der Waals surface area contributed by atoms with Crippen molar-refractivity contribution in [1.29, 1.82) is 0 Å². The molecule has 0 unspecified atom stereocenters. The zero-order chi connectivity index (χ0) is 12.0. The summed E-state index contributed by atoms with van der Waals surface area (Å²) in [6, 6.07) is 6.77. The van der Waals surface area contributed by atoms with E-state index < -0.39 is 0 Å². The summed E-state index contributed by atoms with van der Waals surface area (Å²) in [5.41, 5.74) is 0.809. The third kappa shape index (κ3) is 2.55. The zero-order valence-electron chi connectivity index (χ0n) is 9.43. The van der Waals surface area contributed by atoms with Gasteiger partial charge in [0.1, 0.15) is 0 Å². The Morgan fingerprint density at radius 1 is 1.31 bits per heavy atom. The summed E-state index contributed by atoms with van der Waals surface area (Å²) in [5.74, 6) is -0.111. The molecule has 0 aliphatic carbocycles. The first-order valence-corrected chi connectivity index (χ1v) is 5.20. The molecule has 0 atom stereocenters. The summed E-state index contributed by atoms with van der Waals surface area (Å²) >= 11 is 0. The maximum Gasteiger partial charge on any atom is 0.256 e. The van der Waals surface area contributed by atoms with Gasteiger partial charge < -0.3 is 4.90 Å². The summed E-state index contributed by atoms with van der Waals surface area (Å²) in [4.78, 5) is 27.5. The van der Waals surface area contributed by atoms with Gasteiger partial charge in [0.2, 0.25) is 6.08 Å². The van der Waals surface area contributed by atoms with Crippen LogP contribution in [0.4, 0.5) is 5.69 Å². The van der Waals surface area contributed by atoms with Gasteiger partial charge in [-0.15, -0.1) is 0 Å². The van der Waals surface area contributed by atoms with Crippen molar-refractivity contribution in [3.63, 3.8) is 0 Å². The molecule has 0 aliphatic heterocycles. The second-order valence-corrected chi connectivity index (χ2v) is 3.20. The van der Waals surface area contributed by atoms with Crippen LogP contribution < -0.4 is 0 Å². The van der Waals surface area contributed by atoms with Crippen LogP contribution in [0.25, 0.3) is 0 Å². The van der Waals surface area contributed by atoms with Crippen molar-refractivity contribution in [3.05, 3.63) is 29.8 Å². The van der Waals surface area contributed by atoms with Crippen molar-refractivity contribution >= 4 is 17.7 Å². The Bertz CT molecular complexity index is 419. The number of rotatable bonds is 4. The number of para-hydroxylation sites is 1. The highest BCUT2D eigenvalue weighted by atomic mass is 16.2. The van der Waals surface area contributed by atoms with Crippen LogP contribution in [-0.2, 0) is 4.79 Å². The highest BCUT2D eigenvalue weighted by Crippen LogP contribution is 2.19. The smallest absolute Gasteiger partial charge is 0.256 e. The van der Waals surface area contributed by atoms with Crippen molar-refractivity contribution in [2.45, 2.75) is 13.8 Å². The van der Waals surface area contributed by atoms with E-state index in [1.165, 1.54) is 6.08 Å². The van der Waals surface area contributed by atoms with Crippen LogP contribution in [0.2, 0.25) is 0 Å². The lowest BCUT2D eigenvalue weighted by Gasteiger charge is -2.19. The van der Waals surface area contributed by atoms with Gasteiger partial charge in [-0.3, -0.25) is 4.79 Å². The van der Waals surface area contributed by atoms with Gasteiger partial charge in [-0.25, -0.2) is 4.79 Å². The van der Waals surface area contributed by atoms with E-state index in [-0.39, 0.29) is 5.91 Å². The van der Waals surface area contributed by atoms with E-state index in [0.717, 1.165) is 0 Å². The summed E-state index contributed by atoms with van der Waals surface area (Å²) in [5, 5.41) is 0. The van der Waals surface area contributed by atoms with Crippen LogP contribution in [0, 0.1) is 0 Å². The molecule has 4 heteroatoms. The Kier molecular flexibility index (Phi) is 4.42. The van der Waals surface area contributed by atoms with Crippen LogP contribution in [0.1, 0.15) is 24.2 Å². The van der Waals surface area contributed by atoms with Gasteiger partial charge in [-0.2, -0.15) is 4.99 Å². The van der Waals surface area contributed by atoms with Crippen LogP contribution in [0.15, 0.2) is 29.3 Å². The minimum atomic E-state index is -0.111. The molecular formula is C12H14N2O2. The van der Waals surface area contributed by atoms with Crippen LogP contribution in [0.3, 0.4) is 0 Å². The third-order valence-corrected chi connectivity index (χ3v) is 2.35. The van der Waals surface area contributed by atoms with Crippen molar-refractivity contribution in [2.75, 3.05) is 13.1 Å². The third-order valence-electron chi connectivity index (χ3n) is 2.35. The number of nitrogens with zero attached hydrogens (tertiary/aromatic N) is 2. The monoisotopic (exact) mass is 218 g/mol. The van der Waals surface area contributed by atoms with Crippen molar-refractivity contribution in [1.82, 2.24) is 4.90 Å². The molecule has 4 nitrogen and oxygen atoms in total. The van der Waals surface area contributed by atoms with Crippen molar-refractivity contribution < 1.29 is 9.59 Å². The molecule has 0 spiro atoms. The minimum Gasteiger partial charge on any atom is -0.339 e. The molecule has 0 aliphatic rings. The first kappa shape index (κ1) is 12.1. The molecule has 0 radical (unpaired) electrons. The van der Waals surface area contributed by atoms with Gasteiger partial charge in [0.15, 0.2) is 0 Å². The van der Waals surface area contributed by atoms with E-state index in [1.807, 2.05) is 13.8 Å². The molecule has 16 heavy (non-hydrogen) atoms. The largest absolute Gasteiger partial charge is 0.339 e. The van der Waals surface area contributed by atoms with E-state index >= 15 is 0 Å². The van der Waals surface area contributed by atoms with E-state index in [4.69, 9.17) is 0 Å². The maximum absolute atomic E-state index is 12.0. The minimum absolute atomic E-state index is 0.111. The Morgan fingerprint density at radius 3 is 2.50 bits per heavy atom. The second kappa shape index (κ2) is 5.83. The standard InChI is InChI=1S/C12H14N2O2/c1-3-14(4-2)12(16)10-7-5-6-8-11(10)13-9-15/h5-8H,3-4H2,1-2H3. The van der Waals surface area contributed by atoms with Crippen molar-refractivity contribution in [2.24, 2.45) is 4.99 Å². The SMILES string of the molecule is CCN(CC)C(=O)c1ccccc1N=C=O. The van der Waals surface area contributed by atoms with Crippen LogP contribution >= 0.6 is 0 Å². The molecule has 1 rings (SSSR count). The fourth-order valence-corrected chi connectivity index (χ4v) is 1.48. The van der Waals surface area contributed by atoms with E-state index in [0.29, 0.717) is 24.3 Å². The van der Waals surface area contributed by atoms with Gasteiger partial charge in [0, 0.05) is 13.1 Å². The number of benzene rings is 1. The van der Waals surface area contributed by atoms with Gasteiger partial charge in [0.25, 0.3) is 5.91 Å². The predicted molar refractivity (Wildman–Crippen MR) is 61.5 cm³/mol. The normalized spacial score (nSPS) is 9.38. The summed E-state index contributed by atoms with van der Waals surface area (Å²) in [6.45, 7) is 5.09. The summed E-state index contributed by atoms with van der Waals surface area (Å²) in [7, 11) is 0. The fraction of sp³-hybridized carbons (Fsp3) is 0.333. The molecular weight excluding hydrogens is 204 g/mol. The van der Waals surface area contributed by atoms with Gasteiger partial charge in [-0.1, -0.05) is 12.1 Å². The van der Waals surface area contributed by atoms with Crippen molar-refractivity contribution in [3.8, 4) is 0 Å². The number of carbonyl (C=O) groups is 1. The number of hydrogen-bond donors (Lipinski definition) is 0. The highest BCUT2D eigenvalue weighted by molar-refractivity contribution is 5.99. The lowest BCUT2D eigenvalue weighted by atomic mass is 10.1. The van der Waals surface area contributed by atoms with Crippen LogP contribution in [-0.4, -0.2) is 30.0 Å². The predicted octanol–water partition coefficient (Wildman–Crippen LogP) is 2.14. The number of isocyanates is 1. The first-order chi connectivity index (χ1) is 7.74. The highest BCUT2D eigenvalue weighted by Gasteiger charge is 2.15. The molecule has 0 fully saturated rings. The average Bonchev–Trinajstić information content (AvgIpc) is 2.31. The molecule has 0 bridgehead atoms.